The molecule has 21 heavy (non-hydrogen) atoms. The fraction of sp³-hybridized carbons (Fsp3) is 0.214. The summed E-state index contributed by atoms with van der Waals surface area (Å²) in [5, 5.41) is 8.30. The first-order chi connectivity index (χ1) is 9.99. The largest absolute Gasteiger partial charge is 0.481 e. The smallest absolute Gasteiger partial charge is 0.238 e. The molecule has 1 aromatic carbocycles. The highest BCUT2D eigenvalue weighted by molar-refractivity contribution is 7.89. The number of methoxy groups -OCH3 is 1. The predicted octanol–water partition coefficient (Wildman–Crippen LogP) is 1.39. The second kappa shape index (κ2) is 6.55. The summed E-state index contributed by atoms with van der Waals surface area (Å²) in [6.07, 6.45) is 2.43. The maximum atomic E-state index is 11.2. The van der Waals surface area contributed by atoms with Crippen molar-refractivity contribution in [1.29, 1.82) is 0 Å². The Balaban J connectivity index is 1.91. The maximum absolute atomic E-state index is 11.2. The Labute approximate surface area is 124 Å². The van der Waals surface area contributed by atoms with Crippen LogP contribution in [0.3, 0.4) is 0 Å². The standard InChI is InChI=1S/C14H17N3O3S/c1-20-14-10-12(7-9-17-14)16-8-6-11-2-4-13(5-3-11)21(15,18)19/h2-5,7,9-10H,6,8H2,1H3,(H,16,17)(H2,15,18,19). The second-order valence-electron chi connectivity index (χ2n) is 4.45. The number of nitrogens with two attached hydrogens (primary N) is 1. The molecule has 112 valence electrons. The summed E-state index contributed by atoms with van der Waals surface area (Å²) < 4.78 is 27.3. The van der Waals surface area contributed by atoms with Gasteiger partial charge in [-0.2, -0.15) is 0 Å². The van der Waals surface area contributed by atoms with Crippen molar-refractivity contribution in [2.24, 2.45) is 5.14 Å². The molecular weight excluding hydrogens is 290 g/mol. The summed E-state index contributed by atoms with van der Waals surface area (Å²) in [5.74, 6) is 0.553. The number of rotatable bonds is 6. The maximum Gasteiger partial charge on any atom is 0.238 e. The lowest BCUT2D eigenvalue weighted by Crippen LogP contribution is -2.12. The van der Waals surface area contributed by atoms with E-state index >= 15 is 0 Å². The predicted molar refractivity (Wildman–Crippen MR) is 80.8 cm³/mol. The van der Waals surface area contributed by atoms with E-state index in [1.54, 1.807) is 25.4 Å². The number of nitrogens with one attached hydrogen (secondary N) is 1. The van der Waals surface area contributed by atoms with Crippen molar-refractivity contribution in [3.63, 3.8) is 0 Å². The minimum atomic E-state index is -3.63. The van der Waals surface area contributed by atoms with Crippen molar-refractivity contribution in [2.45, 2.75) is 11.3 Å². The van der Waals surface area contributed by atoms with Crippen LogP contribution < -0.4 is 15.2 Å². The summed E-state index contributed by atoms with van der Waals surface area (Å²) in [5.41, 5.74) is 1.94. The zero-order valence-corrected chi connectivity index (χ0v) is 12.4. The molecule has 1 heterocycles. The molecular formula is C14H17N3O3S. The lowest BCUT2D eigenvalue weighted by Gasteiger charge is -2.08. The molecule has 0 aliphatic carbocycles. The molecule has 0 fully saturated rings. The van der Waals surface area contributed by atoms with E-state index in [1.165, 1.54) is 12.1 Å². The summed E-state index contributed by atoms with van der Waals surface area (Å²) in [7, 11) is -2.06. The molecule has 2 rings (SSSR count). The SMILES string of the molecule is COc1cc(NCCc2ccc(S(N)(=O)=O)cc2)ccn1. The van der Waals surface area contributed by atoms with Crippen LogP contribution in [0.15, 0.2) is 47.5 Å². The zero-order valence-electron chi connectivity index (χ0n) is 11.6. The van der Waals surface area contributed by atoms with Crippen LogP contribution in [-0.4, -0.2) is 27.1 Å². The summed E-state index contributed by atoms with van der Waals surface area (Å²) in [4.78, 5) is 4.15. The second-order valence-corrected chi connectivity index (χ2v) is 6.01. The molecule has 0 saturated heterocycles. The minimum absolute atomic E-state index is 0.123. The van der Waals surface area contributed by atoms with Gasteiger partial charge in [0.1, 0.15) is 0 Å². The van der Waals surface area contributed by atoms with E-state index in [4.69, 9.17) is 9.88 Å². The van der Waals surface area contributed by atoms with Gasteiger partial charge in [-0.1, -0.05) is 12.1 Å². The van der Waals surface area contributed by atoms with E-state index in [0.29, 0.717) is 12.4 Å². The fourth-order valence-corrected chi connectivity index (χ4v) is 2.34. The molecule has 6 nitrogen and oxygen atoms in total. The van der Waals surface area contributed by atoms with Crippen molar-refractivity contribution in [3.8, 4) is 5.88 Å². The number of anilines is 1. The van der Waals surface area contributed by atoms with Crippen LogP contribution >= 0.6 is 0 Å². The molecule has 0 aliphatic heterocycles. The Bertz CT molecular complexity index is 700. The van der Waals surface area contributed by atoms with Crippen LogP contribution in [-0.2, 0) is 16.4 Å². The van der Waals surface area contributed by atoms with Gasteiger partial charge in [0.2, 0.25) is 15.9 Å². The number of pyridine rings is 1. The van der Waals surface area contributed by atoms with Crippen LogP contribution in [0.5, 0.6) is 5.88 Å². The van der Waals surface area contributed by atoms with Crippen molar-refractivity contribution < 1.29 is 13.2 Å². The van der Waals surface area contributed by atoms with Gasteiger partial charge in [0.05, 0.1) is 12.0 Å². The molecule has 0 spiro atoms. The van der Waals surface area contributed by atoms with Gasteiger partial charge in [-0.3, -0.25) is 0 Å². The molecule has 2 aromatic rings. The van der Waals surface area contributed by atoms with Gasteiger partial charge in [0.15, 0.2) is 0 Å². The third-order valence-corrected chi connectivity index (χ3v) is 3.87. The molecule has 1 aromatic heterocycles. The van der Waals surface area contributed by atoms with E-state index < -0.39 is 10.0 Å². The third kappa shape index (κ3) is 4.44. The first-order valence-electron chi connectivity index (χ1n) is 6.35. The molecule has 0 unspecified atom stereocenters. The van der Waals surface area contributed by atoms with E-state index in [-0.39, 0.29) is 4.90 Å². The Hall–Kier alpha value is -2.12. The third-order valence-electron chi connectivity index (χ3n) is 2.94. The van der Waals surface area contributed by atoms with Crippen LogP contribution in [0.4, 0.5) is 5.69 Å². The first kappa shape index (κ1) is 15.3. The van der Waals surface area contributed by atoms with Crippen LogP contribution in [0, 0.1) is 0 Å². The first-order valence-corrected chi connectivity index (χ1v) is 7.89. The monoisotopic (exact) mass is 307 g/mol. The number of aromatic nitrogens is 1. The molecule has 0 atom stereocenters. The Morgan fingerprint density at radius 2 is 1.95 bits per heavy atom. The average molecular weight is 307 g/mol. The Morgan fingerprint density at radius 3 is 2.57 bits per heavy atom. The summed E-state index contributed by atoms with van der Waals surface area (Å²) >= 11 is 0. The molecule has 7 heteroatoms. The lowest BCUT2D eigenvalue weighted by atomic mass is 10.1. The zero-order chi connectivity index (χ0) is 15.3. The number of hydrogen-bond acceptors (Lipinski definition) is 5. The van der Waals surface area contributed by atoms with Gasteiger partial charge in [0, 0.05) is 24.5 Å². The highest BCUT2D eigenvalue weighted by Crippen LogP contribution is 2.14. The summed E-state index contributed by atoms with van der Waals surface area (Å²) in [6, 6.07) is 10.2. The summed E-state index contributed by atoms with van der Waals surface area (Å²) in [6.45, 7) is 0.710. The molecule has 0 bridgehead atoms. The van der Waals surface area contributed by atoms with Crippen molar-refractivity contribution in [3.05, 3.63) is 48.2 Å². The Kier molecular flexibility index (Phi) is 4.77. The highest BCUT2D eigenvalue weighted by atomic mass is 32.2. The number of ether oxygens (including phenoxy) is 1. The topological polar surface area (TPSA) is 94.3 Å². The lowest BCUT2D eigenvalue weighted by molar-refractivity contribution is 0.398. The molecule has 0 saturated carbocycles. The van der Waals surface area contributed by atoms with Crippen molar-refractivity contribution in [2.75, 3.05) is 19.0 Å². The fourth-order valence-electron chi connectivity index (χ4n) is 1.83. The number of nitrogens with zero attached hydrogens (tertiary/aromatic N) is 1. The minimum Gasteiger partial charge on any atom is -0.481 e. The van der Waals surface area contributed by atoms with Gasteiger partial charge in [0.25, 0.3) is 0 Å². The van der Waals surface area contributed by atoms with Gasteiger partial charge in [-0.25, -0.2) is 18.5 Å². The molecule has 0 aliphatic rings. The number of hydrogen-bond donors (Lipinski definition) is 2. The van der Waals surface area contributed by atoms with Crippen LogP contribution in [0.2, 0.25) is 0 Å². The van der Waals surface area contributed by atoms with Crippen molar-refractivity contribution >= 4 is 15.7 Å². The Morgan fingerprint density at radius 1 is 1.24 bits per heavy atom. The number of sulfonamides is 1. The van der Waals surface area contributed by atoms with E-state index in [0.717, 1.165) is 17.7 Å². The van der Waals surface area contributed by atoms with E-state index in [1.807, 2.05) is 12.1 Å². The van der Waals surface area contributed by atoms with Gasteiger partial charge >= 0.3 is 0 Å². The van der Waals surface area contributed by atoms with Crippen LogP contribution in [0.1, 0.15) is 5.56 Å². The van der Waals surface area contributed by atoms with Crippen LogP contribution in [0.25, 0.3) is 0 Å². The molecule has 0 radical (unpaired) electrons. The quantitative estimate of drug-likeness (QED) is 0.841. The molecule has 0 amide bonds. The normalized spacial score (nSPS) is 11.1. The number of benzene rings is 1. The average Bonchev–Trinajstić information content (AvgIpc) is 2.47. The highest BCUT2D eigenvalue weighted by Gasteiger charge is 2.06. The van der Waals surface area contributed by atoms with Crippen molar-refractivity contribution in [1.82, 2.24) is 4.98 Å². The van der Waals surface area contributed by atoms with Gasteiger partial charge in [-0.05, 0) is 30.2 Å². The van der Waals surface area contributed by atoms with E-state index in [9.17, 15) is 8.42 Å². The van der Waals surface area contributed by atoms with Gasteiger partial charge < -0.3 is 10.1 Å². The van der Waals surface area contributed by atoms with E-state index in [2.05, 4.69) is 10.3 Å². The number of primary sulfonamides is 1. The van der Waals surface area contributed by atoms with Gasteiger partial charge in [-0.15, -0.1) is 0 Å². The molecule has 3 N–H and O–H groups in total.